The number of hydrogen-bond donors (Lipinski definition) is 1. The van der Waals surface area contributed by atoms with Gasteiger partial charge in [0.05, 0.1) is 12.1 Å². The zero-order chi connectivity index (χ0) is 6.69. The first-order valence-electron chi connectivity index (χ1n) is 2.49. The number of halogens is 1. The maximum Gasteiger partial charge on any atom is 0.133 e. The van der Waals surface area contributed by atoms with Crippen molar-refractivity contribution < 1.29 is 9.52 Å². The third-order valence-electron chi connectivity index (χ3n) is 0.954. The summed E-state index contributed by atoms with van der Waals surface area (Å²) in [4.78, 5) is 0. The van der Waals surface area contributed by atoms with Crippen LogP contribution < -0.4 is 0 Å². The van der Waals surface area contributed by atoms with Gasteiger partial charge in [0.15, 0.2) is 0 Å². The van der Waals surface area contributed by atoms with Crippen molar-refractivity contribution in [3.05, 3.63) is 30.0 Å². The monoisotopic (exact) mass is 145 g/mol. The van der Waals surface area contributed by atoms with E-state index < -0.39 is 6.10 Å². The molecule has 1 rings (SSSR count). The molecule has 3 heteroatoms. The van der Waals surface area contributed by atoms with Gasteiger partial charge in [0.1, 0.15) is 11.9 Å². The fourth-order valence-corrected chi connectivity index (χ4v) is 0.646. The summed E-state index contributed by atoms with van der Waals surface area (Å²) in [6.07, 6.45) is 0.695. The Labute approximate surface area is 58.1 Å². The summed E-state index contributed by atoms with van der Waals surface area (Å²) >= 11 is 5.21. The van der Waals surface area contributed by atoms with E-state index in [0.29, 0.717) is 5.76 Å². The lowest BCUT2D eigenvalue weighted by Gasteiger charge is -1.98. The summed E-state index contributed by atoms with van der Waals surface area (Å²) in [5.74, 6) is 1.60. The first kappa shape index (κ1) is 6.65. The second-order valence-corrected chi connectivity index (χ2v) is 1.84. The lowest BCUT2D eigenvalue weighted by molar-refractivity contribution is 0.190. The van der Waals surface area contributed by atoms with Gasteiger partial charge in [-0.05, 0) is 12.1 Å². The highest BCUT2D eigenvalue weighted by molar-refractivity contribution is 6.23. The predicted molar refractivity (Wildman–Crippen MR) is 33.8 cm³/mol. The third kappa shape index (κ3) is 1.47. The van der Waals surface area contributed by atoms with Crippen molar-refractivity contribution in [1.82, 2.24) is 0 Å². The highest BCUT2D eigenvalue weighted by atomic mass is 35.5. The molecule has 1 unspecified atom stereocenters. The second kappa shape index (κ2) is 2.90. The Morgan fingerprint density at radius 3 is 3.00 bits per heavy atom. The van der Waals surface area contributed by atoms with Gasteiger partial charge >= 0.3 is 0 Å². The fourth-order valence-electron chi connectivity index (χ4n) is 0.522. The maximum absolute atomic E-state index is 8.94. The maximum atomic E-state index is 8.94. The quantitative estimate of drug-likeness (QED) is 0.688. The minimum absolute atomic E-state index is 0.463. The molecule has 1 radical (unpaired) electrons. The van der Waals surface area contributed by atoms with Crippen molar-refractivity contribution in [2.24, 2.45) is 0 Å². The SMILES string of the molecule is OC([CH]Cl)c1ccco1. The molecule has 0 aliphatic heterocycles. The molecule has 0 saturated carbocycles. The van der Waals surface area contributed by atoms with Crippen LogP contribution in [0.5, 0.6) is 0 Å². The van der Waals surface area contributed by atoms with E-state index in [-0.39, 0.29) is 0 Å². The zero-order valence-corrected chi connectivity index (χ0v) is 5.38. The van der Waals surface area contributed by atoms with Crippen LogP contribution in [0.4, 0.5) is 0 Å². The van der Waals surface area contributed by atoms with E-state index in [4.69, 9.17) is 21.1 Å². The molecule has 0 spiro atoms. The van der Waals surface area contributed by atoms with Crippen molar-refractivity contribution >= 4 is 11.6 Å². The van der Waals surface area contributed by atoms with Gasteiger partial charge in [-0.1, -0.05) is 0 Å². The van der Waals surface area contributed by atoms with Crippen LogP contribution in [-0.4, -0.2) is 5.11 Å². The van der Waals surface area contributed by atoms with Gasteiger partial charge in [-0.25, -0.2) is 0 Å². The summed E-state index contributed by atoms with van der Waals surface area (Å²) in [5.41, 5.74) is 0. The van der Waals surface area contributed by atoms with E-state index in [9.17, 15) is 0 Å². The van der Waals surface area contributed by atoms with Crippen LogP contribution in [0, 0.1) is 5.88 Å². The van der Waals surface area contributed by atoms with Gasteiger partial charge in [-0.15, -0.1) is 11.6 Å². The second-order valence-electron chi connectivity index (χ2n) is 1.59. The molecule has 0 aromatic carbocycles. The highest BCUT2D eigenvalue weighted by Crippen LogP contribution is 2.16. The molecule has 9 heavy (non-hydrogen) atoms. The Morgan fingerprint density at radius 2 is 2.56 bits per heavy atom. The standard InChI is InChI=1S/C6H6ClO2/c7-4-5(8)6-2-1-3-9-6/h1-5,8H. The minimum Gasteiger partial charge on any atom is -0.467 e. The van der Waals surface area contributed by atoms with E-state index in [1.165, 1.54) is 6.26 Å². The first-order valence-corrected chi connectivity index (χ1v) is 2.93. The van der Waals surface area contributed by atoms with Crippen LogP contribution >= 0.6 is 11.6 Å². The summed E-state index contributed by atoms with van der Waals surface area (Å²) in [6, 6.07) is 3.35. The number of aliphatic hydroxyl groups is 1. The molecule has 1 aromatic heterocycles. The van der Waals surface area contributed by atoms with Crippen molar-refractivity contribution in [2.75, 3.05) is 0 Å². The zero-order valence-electron chi connectivity index (χ0n) is 4.62. The van der Waals surface area contributed by atoms with Crippen LogP contribution in [0.2, 0.25) is 0 Å². The Hall–Kier alpha value is -0.470. The highest BCUT2D eigenvalue weighted by Gasteiger charge is 2.07. The van der Waals surface area contributed by atoms with E-state index >= 15 is 0 Å². The Kier molecular flexibility index (Phi) is 2.14. The molecule has 0 saturated heterocycles. The van der Waals surface area contributed by atoms with E-state index in [1.54, 1.807) is 12.1 Å². The van der Waals surface area contributed by atoms with E-state index in [1.807, 2.05) is 0 Å². The molecule has 1 N–H and O–H groups in total. The molecule has 49 valence electrons. The summed E-state index contributed by atoms with van der Waals surface area (Å²) in [5, 5.41) is 8.94. The van der Waals surface area contributed by atoms with Crippen molar-refractivity contribution in [2.45, 2.75) is 6.10 Å². The lowest BCUT2D eigenvalue weighted by atomic mass is 10.3. The number of furan rings is 1. The molecule has 0 amide bonds. The molecule has 0 bridgehead atoms. The lowest BCUT2D eigenvalue weighted by Crippen LogP contribution is -1.90. The number of rotatable bonds is 2. The van der Waals surface area contributed by atoms with Crippen LogP contribution in [0.1, 0.15) is 11.9 Å². The molecule has 0 aliphatic carbocycles. The Balaban J connectivity index is 2.65. The molecule has 2 nitrogen and oxygen atoms in total. The predicted octanol–water partition coefficient (Wildman–Crippen LogP) is 1.71. The van der Waals surface area contributed by atoms with Gasteiger partial charge in [-0.2, -0.15) is 0 Å². The molecule has 1 aromatic rings. The van der Waals surface area contributed by atoms with Crippen LogP contribution in [0.15, 0.2) is 22.8 Å². The molecule has 1 heterocycles. The summed E-state index contributed by atoms with van der Waals surface area (Å²) < 4.78 is 4.82. The molecule has 1 atom stereocenters. The van der Waals surface area contributed by atoms with Crippen LogP contribution in [0.25, 0.3) is 0 Å². The van der Waals surface area contributed by atoms with Crippen molar-refractivity contribution in [1.29, 1.82) is 0 Å². The largest absolute Gasteiger partial charge is 0.467 e. The molecular formula is C6H6ClO2. The average Bonchev–Trinajstić information content (AvgIpc) is 2.37. The van der Waals surface area contributed by atoms with Gasteiger partial charge in [-0.3, -0.25) is 0 Å². The summed E-state index contributed by atoms with van der Waals surface area (Å²) in [7, 11) is 0. The van der Waals surface area contributed by atoms with Crippen LogP contribution in [-0.2, 0) is 0 Å². The summed E-state index contributed by atoms with van der Waals surface area (Å²) in [6.45, 7) is 0. The first-order chi connectivity index (χ1) is 4.34. The smallest absolute Gasteiger partial charge is 0.133 e. The van der Waals surface area contributed by atoms with Crippen molar-refractivity contribution in [3.8, 4) is 0 Å². The van der Waals surface area contributed by atoms with E-state index in [0.717, 1.165) is 5.88 Å². The molecule has 0 fully saturated rings. The van der Waals surface area contributed by atoms with Crippen molar-refractivity contribution in [3.63, 3.8) is 0 Å². The topological polar surface area (TPSA) is 33.4 Å². The number of aliphatic hydroxyl groups excluding tert-OH is 1. The normalized spacial score (nSPS) is 13.6. The fraction of sp³-hybridized carbons (Fsp3) is 0.167. The average molecular weight is 146 g/mol. The third-order valence-corrected chi connectivity index (χ3v) is 1.19. The molecule has 0 aliphatic rings. The van der Waals surface area contributed by atoms with Gasteiger partial charge < -0.3 is 9.52 Å². The van der Waals surface area contributed by atoms with Gasteiger partial charge in [0, 0.05) is 0 Å². The van der Waals surface area contributed by atoms with Gasteiger partial charge in [0.25, 0.3) is 0 Å². The van der Waals surface area contributed by atoms with Crippen LogP contribution in [0.3, 0.4) is 0 Å². The Bertz CT molecular complexity index is 160. The molecular weight excluding hydrogens is 140 g/mol. The van der Waals surface area contributed by atoms with Gasteiger partial charge in [0.2, 0.25) is 0 Å². The Morgan fingerprint density at radius 1 is 1.78 bits per heavy atom. The number of hydrogen-bond acceptors (Lipinski definition) is 2. The van der Waals surface area contributed by atoms with E-state index in [2.05, 4.69) is 0 Å². The minimum atomic E-state index is -0.790.